The van der Waals surface area contributed by atoms with Gasteiger partial charge in [-0.15, -0.1) is 0 Å². The Bertz CT molecular complexity index is 702. The third-order valence-electron chi connectivity index (χ3n) is 4.73. The molecule has 0 aromatic heterocycles. The van der Waals surface area contributed by atoms with Gasteiger partial charge in [-0.25, -0.2) is 0 Å². The van der Waals surface area contributed by atoms with Gasteiger partial charge in [0.25, 0.3) is 0 Å². The van der Waals surface area contributed by atoms with E-state index < -0.39 is 0 Å². The van der Waals surface area contributed by atoms with Crippen LogP contribution in [0.5, 0.6) is 0 Å². The summed E-state index contributed by atoms with van der Waals surface area (Å²) in [6.07, 6.45) is 1.24. The van der Waals surface area contributed by atoms with Crippen LogP contribution in [0.1, 0.15) is 23.6 Å². The van der Waals surface area contributed by atoms with Crippen molar-refractivity contribution in [3.05, 3.63) is 70.7 Å². The fourth-order valence-corrected chi connectivity index (χ4v) is 3.53. The second-order valence-electron chi connectivity index (χ2n) is 6.48. The zero-order chi connectivity index (χ0) is 18.2. The van der Waals surface area contributed by atoms with Crippen LogP contribution in [0.3, 0.4) is 0 Å². The maximum atomic E-state index is 12.3. The molecule has 3 rings (SSSR count). The number of ether oxygens (including phenoxy) is 1. The fraction of sp³-hybridized carbons (Fsp3) is 0.381. The van der Waals surface area contributed by atoms with E-state index in [2.05, 4.69) is 10.2 Å². The molecule has 0 bridgehead atoms. The lowest BCUT2D eigenvalue weighted by Gasteiger charge is -2.35. The van der Waals surface area contributed by atoms with E-state index in [-0.39, 0.29) is 11.9 Å². The lowest BCUT2D eigenvalue weighted by Crippen LogP contribution is -2.44. The van der Waals surface area contributed by atoms with E-state index in [1.165, 1.54) is 5.56 Å². The molecule has 1 heterocycles. The number of morpholine rings is 1. The monoisotopic (exact) mass is 372 g/mol. The van der Waals surface area contributed by atoms with Crippen molar-refractivity contribution in [2.45, 2.75) is 18.9 Å². The van der Waals surface area contributed by atoms with Gasteiger partial charge in [0.2, 0.25) is 5.91 Å². The molecule has 0 radical (unpaired) electrons. The van der Waals surface area contributed by atoms with E-state index >= 15 is 0 Å². The van der Waals surface area contributed by atoms with E-state index in [0.717, 1.165) is 30.1 Å². The summed E-state index contributed by atoms with van der Waals surface area (Å²) in [6, 6.07) is 18.0. The Morgan fingerprint density at radius 2 is 1.77 bits per heavy atom. The summed E-state index contributed by atoms with van der Waals surface area (Å²) in [6.45, 7) is 3.66. The molecule has 1 atom stereocenters. The summed E-state index contributed by atoms with van der Waals surface area (Å²) in [7, 11) is 0. The largest absolute Gasteiger partial charge is 0.379 e. The Labute approximate surface area is 160 Å². The Hall–Kier alpha value is -1.88. The van der Waals surface area contributed by atoms with Crippen LogP contribution in [0.25, 0.3) is 0 Å². The first-order chi connectivity index (χ1) is 12.7. The lowest BCUT2D eigenvalue weighted by molar-refractivity contribution is -0.121. The van der Waals surface area contributed by atoms with Crippen molar-refractivity contribution in [1.82, 2.24) is 10.2 Å². The van der Waals surface area contributed by atoms with Crippen LogP contribution in [0.2, 0.25) is 5.02 Å². The van der Waals surface area contributed by atoms with E-state index in [0.29, 0.717) is 26.2 Å². The number of hydrogen-bond donors (Lipinski definition) is 1. The number of halogens is 1. The molecule has 1 aliphatic heterocycles. The molecule has 138 valence electrons. The molecule has 2 aromatic rings. The van der Waals surface area contributed by atoms with Gasteiger partial charge < -0.3 is 10.1 Å². The van der Waals surface area contributed by atoms with Crippen LogP contribution in [0, 0.1) is 0 Å². The van der Waals surface area contributed by atoms with Crippen molar-refractivity contribution in [3.8, 4) is 0 Å². The first kappa shape index (κ1) is 18.9. The SMILES string of the molecule is O=C(CCc1ccccc1)NCC(c1ccccc1Cl)N1CCOCC1. The Balaban J connectivity index is 1.60. The number of carbonyl (C=O) groups excluding carboxylic acids is 1. The quantitative estimate of drug-likeness (QED) is 0.809. The highest BCUT2D eigenvalue weighted by molar-refractivity contribution is 6.31. The van der Waals surface area contributed by atoms with Gasteiger partial charge in [-0.3, -0.25) is 9.69 Å². The molecule has 1 N–H and O–H groups in total. The molecular weight excluding hydrogens is 348 g/mol. The fourth-order valence-electron chi connectivity index (χ4n) is 3.27. The molecule has 4 nitrogen and oxygen atoms in total. The zero-order valence-electron chi connectivity index (χ0n) is 14.9. The first-order valence-electron chi connectivity index (χ1n) is 9.11. The van der Waals surface area contributed by atoms with Gasteiger partial charge in [-0.05, 0) is 23.6 Å². The molecule has 2 aromatic carbocycles. The van der Waals surface area contributed by atoms with Crippen molar-refractivity contribution < 1.29 is 9.53 Å². The molecule has 26 heavy (non-hydrogen) atoms. The Kier molecular flexibility index (Phi) is 7.06. The number of amides is 1. The van der Waals surface area contributed by atoms with Crippen molar-refractivity contribution >= 4 is 17.5 Å². The number of carbonyl (C=O) groups is 1. The van der Waals surface area contributed by atoms with Crippen LogP contribution in [0.15, 0.2) is 54.6 Å². The maximum Gasteiger partial charge on any atom is 0.220 e. The van der Waals surface area contributed by atoms with Crippen LogP contribution >= 0.6 is 11.6 Å². The average molecular weight is 373 g/mol. The lowest BCUT2D eigenvalue weighted by atomic mass is 10.0. The van der Waals surface area contributed by atoms with E-state index in [1.54, 1.807) is 0 Å². The minimum absolute atomic E-state index is 0.0632. The standard InChI is InChI=1S/C21H25ClN2O2/c22-19-9-5-4-8-18(19)20(24-12-14-26-15-13-24)16-23-21(25)11-10-17-6-2-1-3-7-17/h1-9,20H,10-16H2,(H,23,25). The summed E-state index contributed by atoms with van der Waals surface area (Å²) < 4.78 is 5.47. The van der Waals surface area contributed by atoms with E-state index in [1.807, 2.05) is 54.6 Å². The predicted molar refractivity (Wildman–Crippen MR) is 104 cm³/mol. The highest BCUT2D eigenvalue weighted by Gasteiger charge is 2.24. The molecule has 1 amide bonds. The second-order valence-corrected chi connectivity index (χ2v) is 6.88. The molecule has 1 unspecified atom stereocenters. The normalized spacial score (nSPS) is 16.2. The van der Waals surface area contributed by atoms with Crippen LogP contribution in [-0.4, -0.2) is 43.7 Å². The highest BCUT2D eigenvalue weighted by atomic mass is 35.5. The van der Waals surface area contributed by atoms with Gasteiger partial charge in [-0.1, -0.05) is 60.1 Å². The third-order valence-corrected chi connectivity index (χ3v) is 5.07. The van der Waals surface area contributed by atoms with Crippen LogP contribution in [-0.2, 0) is 16.0 Å². The van der Waals surface area contributed by atoms with Gasteiger partial charge in [0.15, 0.2) is 0 Å². The number of rotatable bonds is 7. The van der Waals surface area contributed by atoms with Crippen molar-refractivity contribution in [2.24, 2.45) is 0 Å². The number of nitrogens with one attached hydrogen (secondary N) is 1. The molecule has 0 saturated carbocycles. The molecule has 0 spiro atoms. The first-order valence-corrected chi connectivity index (χ1v) is 9.48. The van der Waals surface area contributed by atoms with Crippen molar-refractivity contribution in [1.29, 1.82) is 0 Å². The van der Waals surface area contributed by atoms with Crippen molar-refractivity contribution in [2.75, 3.05) is 32.8 Å². The van der Waals surface area contributed by atoms with Gasteiger partial charge in [0.1, 0.15) is 0 Å². The Morgan fingerprint density at radius 3 is 2.50 bits per heavy atom. The molecule has 5 heteroatoms. The Morgan fingerprint density at radius 1 is 1.08 bits per heavy atom. The molecule has 1 saturated heterocycles. The topological polar surface area (TPSA) is 41.6 Å². The summed E-state index contributed by atoms with van der Waals surface area (Å²) in [5, 5.41) is 3.83. The smallest absolute Gasteiger partial charge is 0.220 e. The van der Waals surface area contributed by atoms with Crippen LogP contribution in [0.4, 0.5) is 0 Å². The summed E-state index contributed by atoms with van der Waals surface area (Å²) >= 11 is 6.42. The van der Waals surface area contributed by atoms with E-state index in [4.69, 9.17) is 16.3 Å². The summed E-state index contributed by atoms with van der Waals surface area (Å²) in [4.78, 5) is 14.7. The van der Waals surface area contributed by atoms with E-state index in [9.17, 15) is 4.79 Å². The molecule has 1 fully saturated rings. The molecule has 0 aliphatic carbocycles. The summed E-state index contributed by atoms with van der Waals surface area (Å²) in [5.41, 5.74) is 2.23. The zero-order valence-corrected chi connectivity index (χ0v) is 15.6. The van der Waals surface area contributed by atoms with Crippen LogP contribution < -0.4 is 5.32 Å². The molecule has 1 aliphatic rings. The predicted octanol–water partition coefficient (Wildman–Crippen LogP) is 3.46. The number of benzene rings is 2. The number of aryl methyl sites for hydroxylation is 1. The van der Waals surface area contributed by atoms with Gasteiger partial charge in [0.05, 0.1) is 19.3 Å². The second kappa shape index (κ2) is 9.72. The van der Waals surface area contributed by atoms with Gasteiger partial charge in [-0.2, -0.15) is 0 Å². The van der Waals surface area contributed by atoms with Crippen molar-refractivity contribution in [3.63, 3.8) is 0 Å². The maximum absolute atomic E-state index is 12.3. The average Bonchev–Trinajstić information content (AvgIpc) is 2.69. The number of hydrogen-bond acceptors (Lipinski definition) is 3. The number of nitrogens with zero attached hydrogens (tertiary/aromatic N) is 1. The highest BCUT2D eigenvalue weighted by Crippen LogP contribution is 2.27. The van der Waals surface area contributed by atoms with Gasteiger partial charge >= 0.3 is 0 Å². The summed E-state index contributed by atoms with van der Waals surface area (Å²) in [5.74, 6) is 0.0687. The minimum Gasteiger partial charge on any atom is -0.379 e. The minimum atomic E-state index is 0.0632. The third kappa shape index (κ3) is 5.31. The van der Waals surface area contributed by atoms with Gasteiger partial charge in [0, 0.05) is 31.1 Å². The molecular formula is C21H25ClN2O2.